The first-order chi connectivity index (χ1) is 13.7. The lowest BCUT2D eigenvalue weighted by atomic mass is 10.2. The molecule has 0 unspecified atom stereocenters. The third-order valence-electron chi connectivity index (χ3n) is 4.49. The van der Waals surface area contributed by atoms with Crippen molar-refractivity contribution in [1.29, 1.82) is 0 Å². The summed E-state index contributed by atoms with van der Waals surface area (Å²) in [5.41, 5.74) is 3.39. The second kappa shape index (κ2) is 12.0. The Labute approximate surface area is 194 Å². The van der Waals surface area contributed by atoms with E-state index in [2.05, 4.69) is 57.2 Å². The van der Waals surface area contributed by atoms with E-state index < -0.39 is 0 Å². The van der Waals surface area contributed by atoms with Crippen molar-refractivity contribution >= 4 is 52.6 Å². The van der Waals surface area contributed by atoms with E-state index in [1.165, 1.54) is 5.52 Å². The van der Waals surface area contributed by atoms with E-state index in [9.17, 15) is 0 Å². The zero-order chi connectivity index (χ0) is 19.8. The van der Waals surface area contributed by atoms with Crippen LogP contribution in [-0.2, 0) is 13.0 Å². The first kappa shape index (κ1) is 23.4. The molecule has 6 nitrogen and oxygen atoms in total. The van der Waals surface area contributed by atoms with Crippen LogP contribution in [0.3, 0.4) is 0 Å². The zero-order valence-corrected chi connectivity index (χ0v) is 19.9. The second-order valence-electron chi connectivity index (χ2n) is 6.58. The number of aromatic nitrogens is 3. The van der Waals surface area contributed by atoms with Gasteiger partial charge in [-0.2, -0.15) is 0 Å². The van der Waals surface area contributed by atoms with E-state index in [0.717, 1.165) is 61.9 Å². The molecule has 29 heavy (non-hydrogen) atoms. The van der Waals surface area contributed by atoms with E-state index in [1.54, 1.807) is 0 Å². The average Bonchev–Trinajstić information content (AvgIpc) is 3.02. The molecule has 0 amide bonds. The summed E-state index contributed by atoms with van der Waals surface area (Å²) in [6.45, 7) is 7.41. The zero-order valence-electron chi connectivity index (χ0n) is 16.9. The number of pyridine rings is 1. The molecular formula is C21H28ClIN6. The van der Waals surface area contributed by atoms with Crippen LogP contribution in [0.25, 0.3) is 11.0 Å². The topological polar surface area (TPSA) is 67.1 Å². The van der Waals surface area contributed by atoms with Crippen LogP contribution in [0.2, 0.25) is 5.15 Å². The van der Waals surface area contributed by atoms with Crippen LogP contribution >= 0.6 is 35.6 Å². The molecule has 0 saturated heterocycles. The van der Waals surface area contributed by atoms with Crippen molar-refractivity contribution in [1.82, 2.24) is 25.2 Å². The van der Waals surface area contributed by atoms with Gasteiger partial charge in [-0.05, 0) is 50.5 Å². The molecule has 2 aromatic heterocycles. The monoisotopic (exact) mass is 526 g/mol. The van der Waals surface area contributed by atoms with Crippen molar-refractivity contribution in [3.8, 4) is 0 Å². The number of imidazole rings is 1. The SMILES string of the molecule is CCNC(=NCCCn1c(C)nc2ccccc21)NCCc1ccc(Cl)nc1.I. The van der Waals surface area contributed by atoms with E-state index in [-0.39, 0.29) is 24.0 Å². The Morgan fingerprint density at radius 1 is 1.17 bits per heavy atom. The van der Waals surface area contributed by atoms with Gasteiger partial charge in [-0.3, -0.25) is 4.99 Å². The number of rotatable bonds is 8. The quantitative estimate of drug-likeness (QED) is 0.152. The number of halogens is 2. The maximum atomic E-state index is 5.83. The summed E-state index contributed by atoms with van der Waals surface area (Å²) in [5.74, 6) is 1.89. The molecule has 2 heterocycles. The van der Waals surface area contributed by atoms with E-state index >= 15 is 0 Å². The molecule has 0 saturated carbocycles. The van der Waals surface area contributed by atoms with Crippen molar-refractivity contribution in [3.63, 3.8) is 0 Å². The molecule has 0 bridgehead atoms. The van der Waals surface area contributed by atoms with Crippen molar-refractivity contribution in [2.45, 2.75) is 33.2 Å². The highest BCUT2D eigenvalue weighted by atomic mass is 127. The first-order valence-corrected chi connectivity index (χ1v) is 10.1. The molecule has 0 fully saturated rings. The summed E-state index contributed by atoms with van der Waals surface area (Å²) in [4.78, 5) is 13.4. The highest BCUT2D eigenvalue weighted by molar-refractivity contribution is 14.0. The number of hydrogen-bond acceptors (Lipinski definition) is 3. The number of aliphatic imine (C=N–C) groups is 1. The minimum atomic E-state index is 0. The van der Waals surface area contributed by atoms with Gasteiger partial charge >= 0.3 is 0 Å². The summed E-state index contributed by atoms with van der Waals surface area (Å²) >= 11 is 5.83. The lowest BCUT2D eigenvalue weighted by Crippen LogP contribution is -2.38. The van der Waals surface area contributed by atoms with Gasteiger partial charge in [0.05, 0.1) is 11.0 Å². The third-order valence-corrected chi connectivity index (χ3v) is 4.72. The Hall–Kier alpha value is -1.87. The Morgan fingerprint density at radius 3 is 2.76 bits per heavy atom. The Bertz CT molecular complexity index is 923. The van der Waals surface area contributed by atoms with E-state index in [1.807, 2.05) is 24.4 Å². The lowest BCUT2D eigenvalue weighted by Gasteiger charge is -2.11. The number of hydrogen-bond donors (Lipinski definition) is 2. The molecular weight excluding hydrogens is 499 g/mol. The number of benzene rings is 1. The van der Waals surface area contributed by atoms with Crippen LogP contribution < -0.4 is 10.6 Å². The first-order valence-electron chi connectivity index (χ1n) is 9.72. The van der Waals surface area contributed by atoms with Gasteiger partial charge in [-0.25, -0.2) is 9.97 Å². The highest BCUT2D eigenvalue weighted by Crippen LogP contribution is 2.15. The normalized spacial score (nSPS) is 11.3. The molecule has 0 aliphatic rings. The molecule has 2 N–H and O–H groups in total. The second-order valence-corrected chi connectivity index (χ2v) is 6.97. The van der Waals surface area contributed by atoms with Crippen molar-refractivity contribution < 1.29 is 0 Å². The van der Waals surface area contributed by atoms with Crippen LogP contribution in [0, 0.1) is 6.92 Å². The number of fused-ring (bicyclic) bond motifs is 1. The van der Waals surface area contributed by atoms with Crippen LogP contribution in [0.5, 0.6) is 0 Å². The number of para-hydroxylation sites is 2. The highest BCUT2D eigenvalue weighted by Gasteiger charge is 2.06. The maximum Gasteiger partial charge on any atom is 0.191 e. The van der Waals surface area contributed by atoms with E-state index in [0.29, 0.717) is 5.15 Å². The molecule has 0 aliphatic heterocycles. The predicted molar refractivity (Wildman–Crippen MR) is 131 cm³/mol. The van der Waals surface area contributed by atoms with Crippen molar-refractivity contribution in [2.75, 3.05) is 19.6 Å². The summed E-state index contributed by atoms with van der Waals surface area (Å²) in [5, 5.41) is 7.19. The smallest absolute Gasteiger partial charge is 0.191 e. The molecule has 3 aromatic rings. The number of aryl methyl sites for hydroxylation is 2. The molecule has 3 rings (SSSR count). The summed E-state index contributed by atoms with van der Waals surface area (Å²) in [6, 6.07) is 12.1. The fourth-order valence-electron chi connectivity index (χ4n) is 3.12. The van der Waals surface area contributed by atoms with Gasteiger partial charge in [0.25, 0.3) is 0 Å². The van der Waals surface area contributed by atoms with Crippen LogP contribution in [0.1, 0.15) is 24.7 Å². The van der Waals surface area contributed by atoms with Crippen LogP contribution in [0.15, 0.2) is 47.6 Å². The number of nitrogens with zero attached hydrogens (tertiary/aromatic N) is 4. The van der Waals surface area contributed by atoms with Crippen LogP contribution in [0.4, 0.5) is 0 Å². The van der Waals surface area contributed by atoms with Crippen molar-refractivity contribution in [3.05, 3.63) is 59.1 Å². The maximum absolute atomic E-state index is 5.83. The third kappa shape index (κ3) is 6.85. The van der Waals surface area contributed by atoms with Gasteiger partial charge in [-0.1, -0.05) is 29.8 Å². The van der Waals surface area contributed by atoms with Gasteiger partial charge in [0.2, 0.25) is 0 Å². The molecule has 156 valence electrons. The molecule has 8 heteroatoms. The minimum absolute atomic E-state index is 0. The fourth-order valence-corrected chi connectivity index (χ4v) is 3.23. The van der Waals surface area contributed by atoms with Gasteiger partial charge in [-0.15, -0.1) is 24.0 Å². The Balaban J connectivity index is 0.00000300. The molecule has 1 aromatic carbocycles. The lowest BCUT2D eigenvalue weighted by molar-refractivity contribution is 0.646. The largest absolute Gasteiger partial charge is 0.357 e. The van der Waals surface area contributed by atoms with Crippen LogP contribution in [-0.4, -0.2) is 40.1 Å². The molecule has 0 spiro atoms. The van der Waals surface area contributed by atoms with E-state index in [4.69, 9.17) is 16.6 Å². The van der Waals surface area contributed by atoms with Crippen molar-refractivity contribution in [2.24, 2.45) is 4.99 Å². The molecule has 0 aliphatic carbocycles. The van der Waals surface area contributed by atoms with Gasteiger partial charge in [0, 0.05) is 32.4 Å². The van der Waals surface area contributed by atoms with Gasteiger partial charge < -0.3 is 15.2 Å². The Kier molecular flexibility index (Phi) is 9.66. The average molecular weight is 527 g/mol. The standard InChI is InChI=1S/C21H27ClN6.HI/c1-3-23-21(25-13-11-17-9-10-20(22)26-15-17)24-12-6-14-28-16(2)27-18-7-4-5-8-19(18)28;/h4-5,7-10,15H,3,6,11-14H2,1-2H3,(H2,23,24,25);1H. The summed E-state index contributed by atoms with van der Waals surface area (Å²) in [7, 11) is 0. The summed E-state index contributed by atoms with van der Waals surface area (Å²) in [6.07, 6.45) is 3.64. The summed E-state index contributed by atoms with van der Waals surface area (Å²) < 4.78 is 2.26. The van der Waals surface area contributed by atoms with Gasteiger partial charge in [0.15, 0.2) is 5.96 Å². The Morgan fingerprint density at radius 2 is 2.00 bits per heavy atom. The number of nitrogens with one attached hydrogen (secondary N) is 2. The van der Waals surface area contributed by atoms with Gasteiger partial charge in [0.1, 0.15) is 11.0 Å². The minimum Gasteiger partial charge on any atom is -0.357 e. The fraction of sp³-hybridized carbons (Fsp3) is 0.381. The molecule has 0 atom stereocenters. The predicted octanol–water partition coefficient (Wildman–Crippen LogP) is 4.20. The number of guanidine groups is 1. The molecule has 0 radical (unpaired) electrons.